The number of fused-ring (bicyclic) bond motifs is 1. The summed E-state index contributed by atoms with van der Waals surface area (Å²) in [6, 6.07) is 0. The predicted octanol–water partition coefficient (Wildman–Crippen LogP) is 4.10. The second-order valence-corrected chi connectivity index (χ2v) is 11.1. The summed E-state index contributed by atoms with van der Waals surface area (Å²) in [4.78, 5) is 52.3. The van der Waals surface area contributed by atoms with E-state index in [0.29, 0.717) is 16.7 Å². The Bertz CT molecular complexity index is 1160. The summed E-state index contributed by atoms with van der Waals surface area (Å²) in [7, 11) is 0. The van der Waals surface area contributed by atoms with Crippen molar-refractivity contribution in [2.24, 2.45) is 5.92 Å². The van der Waals surface area contributed by atoms with Gasteiger partial charge in [0.25, 0.3) is 0 Å². The highest BCUT2D eigenvalue weighted by molar-refractivity contribution is 5.99. The molecule has 2 aliphatic heterocycles. The molecule has 0 aromatic rings. The molecule has 1 aliphatic carbocycles. The van der Waals surface area contributed by atoms with Gasteiger partial charge in [-0.15, -0.1) is 0 Å². The van der Waals surface area contributed by atoms with Crippen LogP contribution in [0.25, 0.3) is 0 Å². The van der Waals surface area contributed by atoms with E-state index in [0.717, 1.165) is 0 Å². The highest BCUT2D eigenvalue weighted by Crippen LogP contribution is 2.52. The standard InChI is InChI=1S/C30H40O9/c1-11-15(4)26(32)35-19(14-20-29(8,9)38-20)18(7)21-22(36-27(33)16(5)12-2)24(31)30(10)25(39-30)23(21)37-28(34)17(6)13-3/h11-13,19-23,25H,7,14H2,1-6,8-10H3/b15-11-,16-12-,17-13-/t19?,20?,21-,22+,23+,25-,30+/m1/s1. The molecule has 0 N–H and O–H groups in total. The maximum absolute atomic E-state index is 13.7. The molecule has 7 atom stereocenters. The van der Waals surface area contributed by atoms with Gasteiger partial charge in [-0.1, -0.05) is 24.8 Å². The zero-order valence-corrected chi connectivity index (χ0v) is 24.3. The summed E-state index contributed by atoms with van der Waals surface area (Å²) in [6.07, 6.45) is 0.713. The predicted molar refractivity (Wildman–Crippen MR) is 142 cm³/mol. The number of carbonyl (C=O) groups excluding carboxylic acids is 4. The number of allylic oxidation sites excluding steroid dienone is 3. The maximum atomic E-state index is 13.7. The molecule has 9 heteroatoms. The molecule has 0 amide bonds. The molecule has 2 heterocycles. The fraction of sp³-hybridized carbons (Fsp3) is 0.600. The van der Waals surface area contributed by atoms with Gasteiger partial charge < -0.3 is 23.7 Å². The Kier molecular flexibility index (Phi) is 8.77. The third kappa shape index (κ3) is 6.09. The zero-order chi connectivity index (χ0) is 29.4. The highest BCUT2D eigenvalue weighted by Gasteiger charge is 2.72. The first-order valence-electron chi connectivity index (χ1n) is 13.2. The van der Waals surface area contributed by atoms with Gasteiger partial charge in [0.1, 0.15) is 18.3 Å². The van der Waals surface area contributed by atoms with E-state index < -0.39 is 65.2 Å². The first-order chi connectivity index (χ1) is 18.1. The van der Waals surface area contributed by atoms with Crippen molar-refractivity contribution in [1.29, 1.82) is 0 Å². The first kappa shape index (κ1) is 30.5. The Balaban J connectivity index is 2.06. The molecule has 0 radical (unpaired) electrons. The molecule has 3 rings (SSSR count). The van der Waals surface area contributed by atoms with Crippen molar-refractivity contribution in [3.8, 4) is 0 Å². The van der Waals surface area contributed by atoms with Crippen LogP contribution < -0.4 is 0 Å². The summed E-state index contributed by atoms with van der Waals surface area (Å²) >= 11 is 0. The van der Waals surface area contributed by atoms with E-state index in [1.807, 2.05) is 13.8 Å². The Hall–Kier alpha value is -3.04. The summed E-state index contributed by atoms with van der Waals surface area (Å²) in [6.45, 7) is 19.6. The zero-order valence-electron chi connectivity index (χ0n) is 24.3. The van der Waals surface area contributed by atoms with E-state index in [-0.39, 0.29) is 18.1 Å². The topological polar surface area (TPSA) is 121 Å². The molecule has 9 nitrogen and oxygen atoms in total. The number of ether oxygens (including phenoxy) is 5. The molecule has 214 valence electrons. The van der Waals surface area contributed by atoms with Crippen LogP contribution in [0.2, 0.25) is 0 Å². The quantitative estimate of drug-likeness (QED) is 0.132. The van der Waals surface area contributed by atoms with Crippen molar-refractivity contribution in [3.05, 3.63) is 47.1 Å². The molecule has 0 bridgehead atoms. The van der Waals surface area contributed by atoms with Crippen LogP contribution in [0.1, 0.15) is 68.7 Å². The van der Waals surface area contributed by atoms with E-state index in [1.165, 1.54) is 0 Å². The van der Waals surface area contributed by atoms with Crippen LogP contribution in [0.4, 0.5) is 0 Å². The summed E-state index contributed by atoms with van der Waals surface area (Å²) in [5, 5.41) is 0. The van der Waals surface area contributed by atoms with Crippen LogP contribution in [0.5, 0.6) is 0 Å². The fourth-order valence-electron chi connectivity index (χ4n) is 4.63. The van der Waals surface area contributed by atoms with Gasteiger partial charge in [-0.2, -0.15) is 0 Å². The van der Waals surface area contributed by atoms with E-state index in [2.05, 4.69) is 6.58 Å². The lowest BCUT2D eigenvalue weighted by molar-refractivity contribution is -0.167. The summed E-state index contributed by atoms with van der Waals surface area (Å²) < 4.78 is 29.1. The van der Waals surface area contributed by atoms with Crippen LogP contribution in [-0.2, 0) is 42.9 Å². The third-order valence-electron chi connectivity index (χ3n) is 8.01. The van der Waals surface area contributed by atoms with Gasteiger partial charge in [-0.25, -0.2) is 14.4 Å². The van der Waals surface area contributed by atoms with Gasteiger partial charge in [0.2, 0.25) is 5.78 Å². The van der Waals surface area contributed by atoms with Crippen molar-refractivity contribution in [2.45, 2.75) is 110 Å². The molecule has 1 saturated carbocycles. The second-order valence-electron chi connectivity index (χ2n) is 11.1. The molecule has 2 unspecified atom stereocenters. The van der Waals surface area contributed by atoms with Crippen LogP contribution in [0.15, 0.2) is 47.1 Å². The lowest BCUT2D eigenvalue weighted by Gasteiger charge is -2.39. The molecular formula is C30H40O9. The van der Waals surface area contributed by atoms with E-state index in [4.69, 9.17) is 23.7 Å². The van der Waals surface area contributed by atoms with Gasteiger partial charge in [-0.3, -0.25) is 4.79 Å². The summed E-state index contributed by atoms with van der Waals surface area (Å²) in [5.74, 6) is -3.37. The second kappa shape index (κ2) is 11.2. The van der Waals surface area contributed by atoms with Gasteiger partial charge in [0.05, 0.1) is 17.6 Å². The lowest BCUT2D eigenvalue weighted by atomic mass is 9.72. The van der Waals surface area contributed by atoms with Crippen molar-refractivity contribution >= 4 is 23.7 Å². The van der Waals surface area contributed by atoms with Crippen LogP contribution in [0.3, 0.4) is 0 Å². The number of hydrogen-bond acceptors (Lipinski definition) is 9. The van der Waals surface area contributed by atoms with Crippen molar-refractivity contribution in [1.82, 2.24) is 0 Å². The number of carbonyl (C=O) groups is 4. The minimum Gasteiger partial charge on any atom is -0.455 e. The third-order valence-corrected chi connectivity index (χ3v) is 8.01. The number of Topliss-reactive ketones (excluding diaryl/α,β-unsaturated/α-hetero) is 1. The minimum absolute atomic E-state index is 0.239. The van der Waals surface area contributed by atoms with Crippen LogP contribution >= 0.6 is 0 Å². The van der Waals surface area contributed by atoms with E-state index in [1.54, 1.807) is 66.7 Å². The molecule has 0 aromatic heterocycles. The van der Waals surface area contributed by atoms with Crippen LogP contribution in [0, 0.1) is 5.92 Å². The molecule has 2 saturated heterocycles. The summed E-state index contributed by atoms with van der Waals surface area (Å²) in [5.41, 5.74) is -0.400. The van der Waals surface area contributed by atoms with Gasteiger partial charge in [-0.05, 0) is 67.9 Å². The highest BCUT2D eigenvalue weighted by atomic mass is 16.7. The Labute approximate surface area is 230 Å². The lowest BCUT2D eigenvalue weighted by Crippen LogP contribution is -2.56. The van der Waals surface area contributed by atoms with Gasteiger partial charge in [0, 0.05) is 23.1 Å². The molecule has 3 aliphatic rings. The number of epoxide rings is 2. The van der Waals surface area contributed by atoms with Crippen molar-refractivity contribution < 1.29 is 42.9 Å². The molecular weight excluding hydrogens is 504 g/mol. The van der Waals surface area contributed by atoms with Crippen molar-refractivity contribution in [2.75, 3.05) is 0 Å². The normalized spacial score (nSPS) is 32.5. The average Bonchev–Trinajstić information content (AvgIpc) is 3.77. The van der Waals surface area contributed by atoms with Gasteiger partial charge >= 0.3 is 17.9 Å². The van der Waals surface area contributed by atoms with E-state index in [9.17, 15) is 19.2 Å². The SMILES string of the molecule is C=C(C(CC1OC1(C)C)OC(=O)/C(C)=C\C)[C@H]1[C@H](OC(=O)/C(C)=C\C)[C@H]2O[C@@]2(C)C(=O)[C@H]1OC(=O)/C(C)=C\C. The smallest absolute Gasteiger partial charge is 0.334 e. The molecule has 0 aromatic carbocycles. The van der Waals surface area contributed by atoms with Crippen molar-refractivity contribution in [3.63, 3.8) is 0 Å². The molecule has 0 spiro atoms. The largest absolute Gasteiger partial charge is 0.455 e. The fourth-order valence-corrected chi connectivity index (χ4v) is 4.63. The number of hydrogen-bond donors (Lipinski definition) is 0. The average molecular weight is 545 g/mol. The molecule has 39 heavy (non-hydrogen) atoms. The van der Waals surface area contributed by atoms with Gasteiger partial charge in [0.15, 0.2) is 11.7 Å². The number of esters is 3. The monoisotopic (exact) mass is 544 g/mol. The number of ketones is 1. The Morgan fingerprint density at radius 2 is 1.38 bits per heavy atom. The maximum Gasteiger partial charge on any atom is 0.334 e. The molecule has 3 fully saturated rings. The Morgan fingerprint density at radius 1 is 0.897 bits per heavy atom. The first-order valence-corrected chi connectivity index (χ1v) is 13.2. The van der Waals surface area contributed by atoms with E-state index >= 15 is 0 Å². The van der Waals surface area contributed by atoms with Crippen LogP contribution in [-0.4, -0.2) is 65.4 Å². The number of rotatable bonds is 10. The Morgan fingerprint density at radius 3 is 1.87 bits per heavy atom. The minimum atomic E-state index is -1.38.